The summed E-state index contributed by atoms with van der Waals surface area (Å²) in [5.74, 6) is -0.225. The van der Waals surface area contributed by atoms with Gasteiger partial charge >= 0.3 is 5.97 Å². The zero-order valence-electron chi connectivity index (χ0n) is 10.8. The largest absolute Gasteiger partial charge is 0.462 e. The predicted molar refractivity (Wildman–Crippen MR) is 72.1 cm³/mol. The second kappa shape index (κ2) is 4.96. The number of amides is 1. The van der Waals surface area contributed by atoms with Crippen LogP contribution in [0.3, 0.4) is 0 Å². The van der Waals surface area contributed by atoms with Crippen molar-refractivity contribution in [1.82, 2.24) is 4.90 Å². The van der Waals surface area contributed by atoms with Crippen molar-refractivity contribution in [2.45, 2.75) is 37.6 Å². The molecule has 2 aliphatic rings. The zero-order valence-corrected chi connectivity index (χ0v) is 11.6. The van der Waals surface area contributed by atoms with Crippen LogP contribution in [0.2, 0.25) is 0 Å². The van der Waals surface area contributed by atoms with E-state index >= 15 is 0 Å². The lowest BCUT2D eigenvalue weighted by Gasteiger charge is -2.46. The molecule has 1 aliphatic carbocycles. The summed E-state index contributed by atoms with van der Waals surface area (Å²) >= 11 is 1.43. The molecule has 0 aromatic carbocycles. The van der Waals surface area contributed by atoms with Gasteiger partial charge in [-0.2, -0.15) is 0 Å². The van der Waals surface area contributed by atoms with Crippen LogP contribution in [0.5, 0.6) is 0 Å². The Kier molecular flexibility index (Phi) is 3.31. The standard InChI is InChI=1S/C14H17NO3S/c16-12(11-5-4-10-19-11)15-8-9-18-13(17)14(15)6-2-1-3-7-14/h4-5,10H,1-3,6-9H2. The SMILES string of the molecule is O=C(c1cccs1)N1CCOC(=O)C12CCCCC2. The number of carbonyl (C=O) groups is 2. The molecule has 0 bridgehead atoms. The fourth-order valence-electron chi connectivity index (χ4n) is 3.13. The molecule has 4 nitrogen and oxygen atoms in total. The summed E-state index contributed by atoms with van der Waals surface area (Å²) in [7, 11) is 0. The van der Waals surface area contributed by atoms with E-state index in [0.717, 1.165) is 32.1 Å². The number of ether oxygens (including phenoxy) is 1. The molecule has 0 radical (unpaired) electrons. The number of hydrogen-bond acceptors (Lipinski definition) is 4. The number of morpholine rings is 1. The Hall–Kier alpha value is -1.36. The van der Waals surface area contributed by atoms with Gasteiger partial charge in [0.05, 0.1) is 11.4 Å². The Morgan fingerprint density at radius 3 is 2.79 bits per heavy atom. The third-order valence-electron chi connectivity index (χ3n) is 4.10. The van der Waals surface area contributed by atoms with Gasteiger partial charge < -0.3 is 9.64 Å². The van der Waals surface area contributed by atoms with Gasteiger partial charge in [0.1, 0.15) is 12.1 Å². The van der Waals surface area contributed by atoms with Crippen molar-refractivity contribution in [3.8, 4) is 0 Å². The summed E-state index contributed by atoms with van der Waals surface area (Å²) in [5, 5.41) is 1.89. The van der Waals surface area contributed by atoms with Crippen LogP contribution in [0.4, 0.5) is 0 Å². The van der Waals surface area contributed by atoms with Gasteiger partial charge in [0.25, 0.3) is 5.91 Å². The van der Waals surface area contributed by atoms with E-state index < -0.39 is 5.54 Å². The lowest BCUT2D eigenvalue weighted by Crippen LogP contribution is -2.62. The molecular formula is C14H17NO3S. The van der Waals surface area contributed by atoms with Gasteiger partial charge in [-0.15, -0.1) is 11.3 Å². The molecule has 1 aliphatic heterocycles. The maximum atomic E-state index is 12.6. The van der Waals surface area contributed by atoms with E-state index in [0.29, 0.717) is 18.0 Å². The molecule has 0 unspecified atom stereocenters. The van der Waals surface area contributed by atoms with Crippen LogP contribution >= 0.6 is 11.3 Å². The van der Waals surface area contributed by atoms with E-state index in [2.05, 4.69) is 0 Å². The van der Waals surface area contributed by atoms with Gasteiger partial charge in [-0.05, 0) is 24.3 Å². The van der Waals surface area contributed by atoms with Crippen LogP contribution in [0.25, 0.3) is 0 Å². The highest BCUT2D eigenvalue weighted by Crippen LogP contribution is 2.37. The highest BCUT2D eigenvalue weighted by molar-refractivity contribution is 7.12. The molecule has 2 fully saturated rings. The number of rotatable bonds is 1. The first-order chi connectivity index (χ1) is 9.24. The molecule has 1 spiro atoms. The smallest absolute Gasteiger partial charge is 0.332 e. The van der Waals surface area contributed by atoms with Crippen LogP contribution in [-0.2, 0) is 9.53 Å². The second-order valence-electron chi connectivity index (χ2n) is 5.16. The molecule has 0 N–H and O–H groups in total. The van der Waals surface area contributed by atoms with Crippen LogP contribution in [-0.4, -0.2) is 35.5 Å². The number of nitrogens with zero attached hydrogens (tertiary/aromatic N) is 1. The monoisotopic (exact) mass is 279 g/mol. The summed E-state index contributed by atoms with van der Waals surface area (Å²) in [5.41, 5.74) is -0.697. The summed E-state index contributed by atoms with van der Waals surface area (Å²) in [6, 6.07) is 3.69. The molecule has 102 valence electrons. The summed E-state index contributed by atoms with van der Waals surface area (Å²) in [6.07, 6.45) is 4.59. The van der Waals surface area contributed by atoms with Gasteiger partial charge in [-0.3, -0.25) is 4.79 Å². The first-order valence-corrected chi connectivity index (χ1v) is 7.65. The molecule has 1 aromatic rings. The van der Waals surface area contributed by atoms with Crippen molar-refractivity contribution in [3.05, 3.63) is 22.4 Å². The van der Waals surface area contributed by atoms with Crippen LogP contribution < -0.4 is 0 Å². The maximum absolute atomic E-state index is 12.6. The topological polar surface area (TPSA) is 46.6 Å². The Morgan fingerprint density at radius 1 is 1.32 bits per heavy atom. The quantitative estimate of drug-likeness (QED) is 0.742. The first kappa shape index (κ1) is 12.7. The lowest BCUT2D eigenvalue weighted by molar-refractivity contribution is -0.168. The Labute approximate surface area is 116 Å². The minimum absolute atomic E-state index is 0.0199. The molecule has 19 heavy (non-hydrogen) atoms. The first-order valence-electron chi connectivity index (χ1n) is 6.77. The molecule has 2 heterocycles. The fraction of sp³-hybridized carbons (Fsp3) is 0.571. The van der Waals surface area contributed by atoms with Crippen molar-refractivity contribution in [2.75, 3.05) is 13.2 Å². The normalized spacial score (nSPS) is 22.3. The molecule has 3 rings (SSSR count). The molecule has 0 atom stereocenters. The maximum Gasteiger partial charge on any atom is 0.332 e. The number of thiophene rings is 1. The molecule has 1 aromatic heterocycles. The second-order valence-corrected chi connectivity index (χ2v) is 6.11. The van der Waals surface area contributed by atoms with Crippen molar-refractivity contribution in [3.63, 3.8) is 0 Å². The minimum atomic E-state index is -0.697. The minimum Gasteiger partial charge on any atom is -0.462 e. The molecule has 1 saturated heterocycles. The lowest BCUT2D eigenvalue weighted by atomic mass is 9.79. The molecular weight excluding hydrogens is 262 g/mol. The number of carbonyl (C=O) groups excluding carboxylic acids is 2. The Morgan fingerprint density at radius 2 is 2.11 bits per heavy atom. The van der Waals surface area contributed by atoms with Crippen molar-refractivity contribution in [1.29, 1.82) is 0 Å². The van der Waals surface area contributed by atoms with Gasteiger partial charge in [0, 0.05) is 0 Å². The Bertz CT molecular complexity index is 477. The highest BCUT2D eigenvalue weighted by atomic mass is 32.1. The number of esters is 1. The molecule has 1 saturated carbocycles. The van der Waals surface area contributed by atoms with E-state index in [1.54, 1.807) is 4.90 Å². The predicted octanol–water partition coefficient (Wildman–Crippen LogP) is 2.45. The number of cyclic esters (lactones) is 1. The average Bonchev–Trinajstić information content (AvgIpc) is 2.96. The summed E-state index contributed by atoms with van der Waals surface area (Å²) in [4.78, 5) is 27.3. The third kappa shape index (κ3) is 2.06. The average molecular weight is 279 g/mol. The van der Waals surface area contributed by atoms with Gasteiger partial charge in [-0.1, -0.05) is 25.3 Å². The van der Waals surface area contributed by atoms with E-state index in [4.69, 9.17) is 4.74 Å². The van der Waals surface area contributed by atoms with Crippen molar-refractivity contribution in [2.24, 2.45) is 0 Å². The van der Waals surface area contributed by atoms with E-state index in [9.17, 15) is 9.59 Å². The highest BCUT2D eigenvalue weighted by Gasteiger charge is 2.50. The van der Waals surface area contributed by atoms with E-state index in [1.807, 2.05) is 17.5 Å². The summed E-state index contributed by atoms with van der Waals surface area (Å²) in [6.45, 7) is 0.834. The third-order valence-corrected chi connectivity index (χ3v) is 4.96. The molecule has 5 heteroatoms. The van der Waals surface area contributed by atoms with Crippen molar-refractivity contribution >= 4 is 23.2 Å². The van der Waals surface area contributed by atoms with Gasteiger partial charge in [0.2, 0.25) is 0 Å². The van der Waals surface area contributed by atoms with Crippen LogP contribution in [0, 0.1) is 0 Å². The van der Waals surface area contributed by atoms with Crippen molar-refractivity contribution < 1.29 is 14.3 Å². The van der Waals surface area contributed by atoms with Gasteiger partial charge in [-0.25, -0.2) is 4.79 Å². The van der Waals surface area contributed by atoms with Crippen LogP contribution in [0.15, 0.2) is 17.5 Å². The fourth-order valence-corrected chi connectivity index (χ4v) is 3.80. The van der Waals surface area contributed by atoms with E-state index in [1.165, 1.54) is 11.3 Å². The van der Waals surface area contributed by atoms with Gasteiger partial charge in [0.15, 0.2) is 0 Å². The zero-order chi connectivity index (χ0) is 13.3. The molecule has 1 amide bonds. The number of hydrogen-bond donors (Lipinski definition) is 0. The van der Waals surface area contributed by atoms with E-state index in [-0.39, 0.29) is 11.9 Å². The summed E-state index contributed by atoms with van der Waals surface area (Å²) < 4.78 is 5.24. The Balaban J connectivity index is 1.93. The van der Waals surface area contributed by atoms with Crippen LogP contribution in [0.1, 0.15) is 41.8 Å².